The lowest BCUT2D eigenvalue weighted by Crippen LogP contribution is -2.22. The summed E-state index contributed by atoms with van der Waals surface area (Å²) in [6.45, 7) is 4.14. The molecule has 0 aliphatic carbocycles. The molecule has 0 radical (unpaired) electrons. The standard InChI is InChI=1S/C36H29NO/c1-3-15-34-26(2)37(33-22-13-14-23-35(33)38-34)30-24-31(27-16-7-4-8-17-27)36(29-20-11-6-12-21-29)32(25-30)28-18-9-5-10-19-28/h3-25H,1-2H3/b15-3-. The van der Waals surface area contributed by atoms with Crippen LogP contribution in [-0.2, 0) is 0 Å². The number of hydrogen-bond acceptors (Lipinski definition) is 2. The van der Waals surface area contributed by atoms with Crippen molar-refractivity contribution in [2.24, 2.45) is 0 Å². The van der Waals surface area contributed by atoms with E-state index in [1.165, 1.54) is 33.4 Å². The molecule has 6 rings (SSSR count). The highest BCUT2D eigenvalue weighted by Gasteiger charge is 2.26. The normalized spacial score (nSPS) is 12.9. The number of allylic oxidation sites excluding steroid dienone is 3. The zero-order chi connectivity index (χ0) is 25.9. The van der Waals surface area contributed by atoms with Crippen LogP contribution in [0.1, 0.15) is 13.8 Å². The first-order chi connectivity index (χ1) is 18.7. The number of benzene rings is 5. The third kappa shape index (κ3) is 4.31. The van der Waals surface area contributed by atoms with E-state index in [0.29, 0.717) is 0 Å². The van der Waals surface area contributed by atoms with Gasteiger partial charge in [0.2, 0.25) is 0 Å². The molecule has 184 valence electrons. The molecule has 2 nitrogen and oxygen atoms in total. The van der Waals surface area contributed by atoms with Crippen LogP contribution in [0.25, 0.3) is 33.4 Å². The molecule has 0 fully saturated rings. The van der Waals surface area contributed by atoms with Crippen molar-refractivity contribution < 1.29 is 4.74 Å². The van der Waals surface area contributed by atoms with Crippen LogP contribution in [0, 0.1) is 0 Å². The minimum absolute atomic E-state index is 0.848. The Hall–Kier alpha value is -4.82. The predicted molar refractivity (Wildman–Crippen MR) is 159 cm³/mol. The molecule has 5 aromatic carbocycles. The summed E-state index contributed by atoms with van der Waals surface area (Å²) in [5, 5.41) is 0. The minimum atomic E-state index is 0.848. The van der Waals surface area contributed by atoms with Crippen molar-refractivity contribution in [1.29, 1.82) is 0 Å². The van der Waals surface area contributed by atoms with Gasteiger partial charge in [0.05, 0.1) is 11.4 Å². The number of hydrogen-bond donors (Lipinski definition) is 0. The highest BCUT2D eigenvalue weighted by atomic mass is 16.5. The summed E-state index contributed by atoms with van der Waals surface area (Å²) in [6, 6.07) is 45.0. The maximum Gasteiger partial charge on any atom is 0.151 e. The van der Waals surface area contributed by atoms with E-state index in [0.717, 1.165) is 28.6 Å². The molecule has 1 aliphatic rings. The van der Waals surface area contributed by atoms with Gasteiger partial charge in [-0.2, -0.15) is 0 Å². The summed E-state index contributed by atoms with van der Waals surface area (Å²) < 4.78 is 6.31. The van der Waals surface area contributed by atoms with Gasteiger partial charge in [-0.3, -0.25) is 0 Å². The fraction of sp³-hybridized carbons (Fsp3) is 0.0556. The second-order valence-corrected chi connectivity index (χ2v) is 9.37. The highest BCUT2D eigenvalue weighted by molar-refractivity contribution is 5.98. The van der Waals surface area contributed by atoms with Crippen LogP contribution in [-0.4, -0.2) is 0 Å². The largest absolute Gasteiger partial charge is 0.453 e. The number of fused-ring (bicyclic) bond motifs is 1. The van der Waals surface area contributed by atoms with Crippen LogP contribution in [0.3, 0.4) is 0 Å². The van der Waals surface area contributed by atoms with E-state index in [2.05, 4.69) is 127 Å². The summed E-state index contributed by atoms with van der Waals surface area (Å²) in [5.74, 6) is 1.70. The molecule has 5 aromatic rings. The summed E-state index contributed by atoms with van der Waals surface area (Å²) in [6.07, 6.45) is 4.06. The lowest BCUT2D eigenvalue weighted by Gasteiger charge is -2.34. The molecule has 0 bridgehead atoms. The van der Waals surface area contributed by atoms with Gasteiger partial charge < -0.3 is 9.64 Å². The number of nitrogens with zero attached hydrogens (tertiary/aromatic N) is 1. The number of para-hydroxylation sites is 2. The first-order valence-corrected chi connectivity index (χ1v) is 13.0. The molecular formula is C36H29NO. The summed E-state index contributed by atoms with van der Waals surface area (Å²) in [5.41, 5.74) is 10.3. The molecule has 1 heterocycles. The van der Waals surface area contributed by atoms with Gasteiger partial charge in [-0.05, 0) is 77.6 Å². The lowest BCUT2D eigenvalue weighted by atomic mass is 9.86. The van der Waals surface area contributed by atoms with Crippen LogP contribution in [0.5, 0.6) is 5.75 Å². The Labute approximate surface area is 224 Å². The van der Waals surface area contributed by atoms with Crippen molar-refractivity contribution in [3.63, 3.8) is 0 Å². The Morgan fingerprint density at radius 3 is 1.66 bits per heavy atom. The Morgan fingerprint density at radius 2 is 1.11 bits per heavy atom. The van der Waals surface area contributed by atoms with Gasteiger partial charge in [-0.15, -0.1) is 0 Å². The van der Waals surface area contributed by atoms with E-state index in [1.54, 1.807) is 0 Å². The number of anilines is 2. The predicted octanol–water partition coefficient (Wildman–Crippen LogP) is 10.0. The van der Waals surface area contributed by atoms with Gasteiger partial charge >= 0.3 is 0 Å². The molecule has 0 saturated carbocycles. The molecule has 0 aromatic heterocycles. The van der Waals surface area contributed by atoms with Crippen molar-refractivity contribution in [2.75, 3.05) is 4.90 Å². The number of ether oxygens (including phenoxy) is 1. The maximum absolute atomic E-state index is 6.31. The van der Waals surface area contributed by atoms with Crippen LogP contribution in [0.2, 0.25) is 0 Å². The van der Waals surface area contributed by atoms with Gasteiger partial charge in [0, 0.05) is 5.69 Å². The summed E-state index contributed by atoms with van der Waals surface area (Å²) >= 11 is 0. The van der Waals surface area contributed by atoms with E-state index in [4.69, 9.17) is 4.74 Å². The molecule has 0 saturated heterocycles. The Balaban J connectivity index is 1.70. The zero-order valence-corrected chi connectivity index (χ0v) is 21.6. The van der Waals surface area contributed by atoms with Crippen LogP contribution in [0.4, 0.5) is 11.4 Å². The van der Waals surface area contributed by atoms with Gasteiger partial charge in [-0.25, -0.2) is 0 Å². The minimum Gasteiger partial charge on any atom is -0.453 e. The molecule has 0 spiro atoms. The van der Waals surface area contributed by atoms with Crippen LogP contribution < -0.4 is 9.64 Å². The van der Waals surface area contributed by atoms with Crippen molar-refractivity contribution in [3.8, 4) is 39.1 Å². The van der Waals surface area contributed by atoms with Crippen molar-refractivity contribution >= 4 is 11.4 Å². The quantitative estimate of drug-likeness (QED) is 0.242. The van der Waals surface area contributed by atoms with E-state index >= 15 is 0 Å². The zero-order valence-electron chi connectivity index (χ0n) is 21.6. The fourth-order valence-electron chi connectivity index (χ4n) is 5.21. The van der Waals surface area contributed by atoms with Crippen LogP contribution >= 0.6 is 0 Å². The average molecular weight is 492 g/mol. The van der Waals surface area contributed by atoms with E-state index in [-0.39, 0.29) is 0 Å². The first-order valence-electron chi connectivity index (χ1n) is 13.0. The monoisotopic (exact) mass is 491 g/mol. The Bertz CT molecular complexity index is 1570. The smallest absolute Gasteiger partial charge is 0.151 e. The third-order valence-electron chi connectivity index (χ3n) is 6.95. The number of rotatable bonds is 5. The van der Waals surface area contributed by atoms with Gasteiger partial charge in [-0.1, -0.05) is 109 Å². The molecule has 0 unspecified atom stereocenters. The highest BCUT2D eigenvalue weighted by Crippen LogP contribution is 2.48. The van der Waals surface area contributed by atoms with E-state index in [1.807, 2.05) is 31.2 Å². The fourth-order valence-corrected chi connectivity index (χ4v) is 5.21. The van der Waals surface area contributed by atoms with E-state index in [9.17, 15) is 0 Å². The molecule has 1 aliphatic heterocycles. The van der Waals surface area contributed by atoms with Gasteiger partial charge in [0.15, 0.2) is 5.75 Å². The first kappa shape index (κ1) is 23.6. The van der Waals surface area contributed by atoms with Crippen LogP contribution in [0.15, 0.2) is 151 Å². The van der Waals surface area contributed by atoms with Crippen molar-refractivity contribution in [1.82, 2.24) is 0 Å². The lowest BCUT2D eigenvalue weighted by molar-refractivity contribution is 0.428. The maximum atomic E-state index is 6.31. The SMILES string of the molecule is C/C=C\C1=C(C)N(c2cc(-c3ccccc3)c(-c3ccccc3)c(-c3ccccc3)c2)c2ccccc2O1. The molecule has 0 N–H and O–H groups in total. The topological polar surface area (TPSA) is 12.5 Å². The molecule has 0 atom stereocenters. The third-order valence-corrected chi connectivity index (χ3v) is 6.95. The second kappa shape index (κ2) is 10.3. The Kier molecular flexibility index (Phi) is 6.37. The summed E-state index contributed by atoms with van der Waals surface area (Å²) in [7, 11) is 0. The average Bonchev–Trinajstić information content (AvgIpc) is 2.98. The molecule has 38 heavy (non-hydrogen) atoms. The van der Waals surface area contributed by atoms with Gasteiger partial charge in [0.1, 0.15) is 5.76 Å². The summed E-state index contributed by atoms with van der Waals surface area (Å²) in [4.78, 5) is 2.32. The van der Waals surface area contributed by atoms with Gasteiger partial charge in [0.25, 0.3) is 0 Å². The van der Waals surface area contributed by atoms with Crippen molar-refractivity contribution in [2.45, 2.75) is 13.8 Å². The van der Waals surface area contributed by atoms with Crippen molar-refractivity contribution in [3.05, 3.63) is 151 Å². The molecule has 0 amide bonds. The molecular weight excluding hydrogens is 462 g/mol. The molecule has 2 heteroatoms. The second-order valence-electron chi connectivity index (χ2n) is 9.37. The van der Waals surface area contributed by atoms with E-state index < -0.39 is 0 Å². The Morgan fingerprint density at radius 1 is 0.605 bits per heavy atom.